The van der Waals surface area contributed by atoms with E-state index < -0.39 is 16.7 Å². The van der Waals surface area contributed by atoms with Crippen LogP contribution in [0.2, 0.25) is 0 Å². The van der Waals surface area contributed by atoms with Crippen molar-refractivity contribution >= 4 is 21.9 Å². The van der Waals surface area contributed by atoms with Gasteiger partial charge >= 0.3 is 5.97 Å². The molecule has 0 aromatic rings. The van der Waals surface area contributed by atoms with Crippen LogP contribution in [0.25, 0.3) is 0 Å². The van der Waals surface area contributed by atoms with E-state index in [2.05, 4.69) is 27.6 Å². The molecule has 0 spiro atoms. The van der Waals surface area contributed by atoms with E-state index in [9.17, 15) is 14.3 Å². The molecule has 0 aromatic heterocycles. The summed E-state index contributed by atoms with van der Waals surface area (Å²) >= 11 is 2.59. The molecule has 0 saturated carbocycles. The number of unbranched alkanes of at least 4 members (excludes halogenated alkanes) is 3. The lowest BCUT2D eigenvalue weighted by Gasteiger charge is -2.22. The Morgan fingerprint density at radius 3 is 2.56 bits per heavy atom. The molecule has 3 nitrogen and oxygen atoms in total. The topological polar surface area (TPSA) is 46.5 Å². The van der Waals surface area contributed by atoms with Gasteiger partial charge in [-0.05, 0) is 29.3 Å². The minimum absolute atomic E-state index is 0.0959. The van der Waals surface area contributed by atoms with Crippen LogP contribution in [0.5, 0.6) is 0 Å². The lowest BCUT2D eigenvalue weighted by atomic mass is 10.1. The molecular weight excluding hydrogens is 279 g/mol. The molecule has 0 aliphatic rings. The van der Waals surface area contributed by atoms with Gasteiger partial charge in [-0.25, -0.2) is 9.18 Å². The molecule has 0 aliphatic heterocycles. The van der Waals surface area contributed by atoms with Crippen LogP contribution < -0.4 is 0 Å². The number of aliphatic hydroxyl groups excluding tert-OH is 1. The second-order valence-electron chi connectivity index (χ2n) is 3.71. The number of ether oxygens (including phenoxy) is 1. The normalized spacial score (nSPS) is 16.6. The van der Waals surface area contributed by atoms with E-state index in [1.54, 1.807) is 6.92 Å². The van der Waals surface area contributed by atoms with Crippen molar-refractivity contribution in [1.29, 1.82) is 0 Å². The van der Waals surface area contributed by atoms with E-state index >= 15 is 0 Å². The van der Waals surface area contributed by atoms with E-state index in [0.717, 1.165) is 19.3 Å². The molecule has 96 valence electrons. The summed E-state index contributed by atoms with van der Waals surface area (Å²) in [6.45, 7) is 3.76. The summed E-state index contributed by atoms with van der Waals surface area (Å²) in [6, 6.07) is 0. The fraction of sp³-hybridized carbons (Fsp3) is 0.909. The first-order valence-electron chi connectivity index (χ1n) is 5.69. The van der Waals surface area contributed by atoms with Crippen LogP contribution in [0.15, 0.2) is 0 Å². The smallest absolute Gasteiger partial charge is 0.357 e. The van der Waals surface area contributed by atoms with E-state index in [1.807, 2.05) is 0 Å². The first-order valence-corrected chi connectivity index (χ1v) is 6.49. The summed E-state index contributed by atoms with van der Waals surface area (Å²) in [7, 11) is 0. The number of alkyl halides is 2. The quantitative estimate of drug-likeness (QED) is 0.426. The van der Waals surface area contributed by atoms with Gasteiger partial charge in [0.15, 0.2) is 0 Å². The highest BCUT2D eigenvalue weighted by atomic mass is 79.9. The van der Waals surface area contributed by atoms with Gasteiger partial charge in [0.25, 0.3) is 4.58 Å². The van der Waals surface area contributed by atoms with Gasteiger partial charge in [-0.2, -0.15) is 0 Å². The molecule has 0 unspecified atom stereocenters. The molecule has 2 atom stereocenters. The van der Waals surface area contributed by atoms with E-state index in [-0.39, 0.29) is 13.0 Å². The number of rotatable bonds is 8. The summed E-state index contributed by atoms with van der Waals surface area (Å²) in [5.41, 5.74) is 0. The number of carbonyl (C=O) groups is 1. The van der Waals surface area contributed by atoms with Gasteiger partial charge < -0.3 is 9.84 Å². The van der Waals surface area contributed by atoms with Crippen molar-refractivity contribution in [2.75, 3.05) is 6.61 Å². The van der Waals surface area contributed by atoms with Crippen LogP contribution in [0.1, 0.15) is 46.0 Å². The van der Waals surface area contributed by atoms with Crippen molar-refractivity contribution in [3.63, 3.8) is 0 Å². The fourth-order valence-electron chi connectivity index (χ4n) is 1.31. The Hall–Kier alpha value is -0.160. The second-order valence-corrected chi connectivity index (χ2v) is 4.86. The number of carbonyl (C=O) groups excluding carboxylic acids is 1. The van der Waals surface area contributed by atoms with Crippen molar-refractivity contribution in [2.24, 2.45) is 0 Å². The molecule has 0 rings (SSSR count). The van der Waals surface area contributed by atoms with Crippen molar-refractivity contribution in [3.8, 4) is 0 Å². The monoisotopic (exact) mass is 298 g/mol. The fourth-order valence-corrected chi connectivity index (χ4v) is 1.65. The van der Waals surface area contributed by atoms with Gasteiger partial charge in [-0.1, -0.05) is 32.6 Å². The Labute approximate surface area is 104 Å². The number of aliphatic hydroxyl groups is 1. The predicted octanol–water partition coefficient (Wildman–Crippen LogP) is 2.94. The zero-order valence-electron chi connectivity index (χ0n) is 9.84. The number of hydrogen-bond acceptors (Lipinski definition) is 3. The van der Waals surface area contributed by atoms with Crippen molar-refractivity contribution in [3.05, 3.63) is 0 Å². The van der Waals surface area contributed by atoms with Crippen molar-refractivity contribution < 1.29 is 19.0 Å². The maximum absolute atomic E-state index is 13.8. The molecule has 1 N–H and O–H groups in total. The lowest BCUT2D eigenvalue weighted by Crippen LogP contribution is -2.41. The minimum atomic E-state index is -2.48. The van der Waals surface area contributed by atoms with E-state index in [1.165, 1.54) is 0 Å². The molecule has 0 saturated heterocycles. The number of hydrogen-bond donors (Lipinski definition) is 1. The van der Waals surface area contributed by atoms with Gasteiger partial charge in [0.2, 0.25) is 0 Å². The lowest BCUT2D eigenvalue weighted by molar-refractivity contribution is -0.156. The van der Waals surface area contributed by atoms with Crippen LogP contribution in [-0.2, 0) is 9.53 Å². The number of halogens is 2. The highest BCUT2D eigenvalue weighted by Gasteiger charge is 2.44. The Balaban J connectivity index is 4.03. The third kappa shape index (κ3) is 5.25. The van der Waals surface area contributed by atoms with Crippen molar-refractivity contribution in [2.45, 2.75) is 56.6 Å². The largest absolute Gasteiger partial charge is 0.463 e. The SMILES string of the molecule is CCCCCC[C@@H](O)[C@@](F)(Br)C(=O)OCC. The average molecular weight is 299 g/mol. The highest BCUT2D eigenvalue weighted by Crippen LogP contribution is 2.29. The van der Waals surface area contributed by atoms with Crippen LogP contribution in [0, 0.1) is 0 Å². The third-order valence-corrected chi connectivity index (χ3v) is 3.15. The summed E-state index contributed by atoms with van der Waals surface area (Å²) in [5.74, 6) is -1.06. The zero-order chi connectivity index (χ0) is 12.6. The van der Waals surface area contributed by atoms with Crippen molar-refractivity contribution in [1.82, 2.24) is 0 Å². The van der Waals surface area contributed by atoms with Gasteiger partial charge in [0, 0.05) is 0 Å². The van der Waals surface area contributed by atoms with E-state index in [0.29, 0.717) is 6.42 Å². The predicted molar refractivity (Wildman–Crippen MR) is 64.2 cm³/mol. The highest BCUT2D eigenvalue weighted by molar-refractivity contribution is 9.10. The Morgan fingerprint density at radius 1 is 1.44 bits per heavy atom. The first-order chi connectivity index (χ1) is 7.46. The standard InChI is InChI=1S/C11H20BrFO3/c1-3-5-6-7-8-9(14)11(12,13)10(15)16-4-2/h9,14H,3-8H2,1-2H3/t9-,11+/m1/s1. The Bertz CT molecular complexity index is 209. The molecule has 0 aliphatic carbocycles. The molecule has 0 heterocycles. The van der Waals surface area contributed by atoms with Crippen LogP contribution in [0.3, 0.4) is 0 Å². The minimum Gasteiger partial charge on any atom is -0.463 e. The molecule has 5 heteroatoms. The second kappa shape index (κ2) is 8.01. The van der Waals surface area contributed by atoms with E-state index in [4.69, 9.17) is 0 Å². The van der Waals surface area contributed by atoms with Crippen LogP contribution >= 0.6 is 15.9 Å². The molecule has 0 fully saturated rings. The molecule has 0 bridgehead atoms. The van der Waals surface area contributed by atoms with Crippen LogP contribution in [-0.4, -0.2) is 28.4 Å². The van der Waals surface area contributed by atoms with Crippen LogP contribution in [0.4, 0.5) is 4.39 Å². The van der Waals surface area contributed by atoms with Gasteiger partial charge in [0.05, 0.1) is 6.61 Å². The molecular formula is C11H20BrFO3. The summed E-state index contributed by atoms with van der Waals surface area (Å²) in [6.07, 6.45) is 2.64. The summed E-state index contributed by atoms with van der Waals surface area (Å²) in [5, 5.41) is 9.55. The summed E-state index contributed by atoms with van der Waals surface area (Å²) < 4.78 is 15.8. The van der Waals surface area contributed by atoms with Gasteiger partial charge in [-0.3, -0.25) is 0 Å². The summed E-state index contributed by atoms with van der Waals surface area (Å²) in [4.78, 5) is 11.2. The molecule has 0 radical (unpaired) electrons. The van der Waals surface area contributed by atoms with Gasteiger partial charge in [-0.15, -0.1) is 0 Å². The van der Waals surface area contributed by atoms with Gasteiger partial charge in [0.1, 0.15) is 6.10 Å². The maximum Gasteiger partial charge on any atom is 0.357 e. The number of esters is 1. The zero-order valence-corrected chi connectivity index (χ0v) is 11.4. The Kier molecular flexibility index (Phi) is 7.93. The molecule has 0 amide bonds. The first kappa shape index (κ1) is 15.8. The molecule has 16 heavy (non-hydrogen) atoms. The Morgan fingerprint density at radius 2 is 2.06 bits per heavy atom. The maximum atomic E-state index is 13.8. The third-order valence-electron chi connectivity index (χ3n) is 2.30. The molecule has 0 aromatic carbocycles. The average Bonchev–Trinajstić information content (AvgIpc) is 2.24.